The topological polar surface area (TPSA) is 38.0 Å². The molecule has 0 atom stereocenters. The maximum Gasteiger partial charge on any atom is 0.163 e. The average Bonchev–Trinajstić information content (AvgIpc) is 2.15. The summed E-state index contributed by atoms with van der Waals surface area (Å²) in [7, 11) is 0. The third-order valence-electron chi connectivity index (χ3n) is 1.90. The second kappa shape index (κ2) is 4.82. The van der Waals surface area contributed by atoms with Crippen LogP contribution >= 0.6 is 12.2 Å². The van der Waals surface area contributed by atoms with Crippen molar-refractivity contribution >= 4 is 17.3 Å². The molecule has 0 fully saturated rings. The van der Waals surface area contributed by atoms with Gasteiger partial charge in [-0.05, 0) is 29.8 Å². The summed E-state index contributed by atoms with van der Waals surface area (Å²) in [5.74, 6) is 0. The van der Waals surface area contributed by atoms with Crippen LogP contribution in [0.3, 0.4) is 0 Å². The molecule has 0 aromatic heterocycles. The minimum Gasteiger partial charge on any atom is -0.376 e. The Morgan fingerprint density at radius 1 is 1.31 bits per heavy atom. The maximum absolute atomic E-state index is 5.32. The van der Waals surface area contributed by atoms with Crippen molar-refractivity contribution in [3.05, 3.63) is 35.4 Å². The van der Waals surface area contributed by atoms with Crippen molar-refractivity contribution in [2.45, 2.75) is 19.9 Å². The van der Waals surface area contributed by atoms with E-state index in [0.717, 1.165) is 6.42 Å². The van der Waals surface area contributed by atoms with Crippen LogP contribution in [0.15, 0.2) is 24.3 Å². The zero-order chi connectivity index (χ0) is 9.68. The van der Waals surface area contributed by atoms with Crippen LogP contribution in [-0.4, -0.2) is 5.11 Å². The molecule has 2 nitrogen and oxygen atoms in total. The van der Waals surface area contributed by atoms with E-state index in [9.17, 15) is 0 Å². The predicted molar refractivity (Wildman–Crippen MR) is 59.4 cm³/mol. The van der Waals surface area contributed by atoms with E-state index in [4.69, 9.17) is 18.0 Å². The molecule has 3 N–H and O–H groups in total. The van der Waals surface area contributed by atoms with Crippen LogP contribution in [0.2, 0.25) is 0 Å². The number of benzene rings is 1. The third kappa shape index (κ3) is 3.42. The Bertz CT molecular complexity index is 279. The fourth-order valence-corrected chi connectivity index (χ4v) is 1.15. The Balaban J connectivity index is 2.54. The summed E-state index contributed by atoms with van der Waals surface area (Å²) in [6.45, 7) is 2.85. The number of thiocarbonyl (C=S) groups is 1. The molecule has 1 aromatic rings. The second-order valence-corrected chi connectivity index (χ2v) is 3.33. The summed E-state index contributed by atoms with van der Waals surface area (Å²) in [4.78, 5) is 0. The van der Waals surface area contributed by atoms with Gasteiger partial charge in [-0.15, -0.1) is 0 Å². The van der Waals surface area contributed by atoms with E-state index in [-0.39, 0.29) is 0 Å². The monoisotopic (exact) mass is 194 g/mol. The van der Waals surface area contributed by atoms with Crippen molar-refractivity contribution in [1.29, 1.82) is 0 Å². The lowest BCUT2D eigenvalue weighted by Crippen LogP contribution is -2.28. The van der Waals surface area contributed by atoms with E-state index in [1.807, 2.05) is 0 Å². The van der Waals surface area contributed by atoms with Gasteiger partial charge in [-0.1, -0.05) is 31.2 Å². The summed E-state index contributed by atoms with van der Waals surface area (Å²) in [6.07, 6.45) is 1.07. The number of rotatable bonds is 3. The summed E-state index contributed by atoms with van der Waals surface area (Å²) < 4.78 is 0. The molecule has 0 radical (unpaired) electrons. The lowest BCUT2D eigenvalue weighted by molar-refractivity contribution is 0.918. The van der Waals surface area contributed by atoms with E-state index in [2.05, 4.69) is 36.5 Å². The van der Waals surface area contributed by atoms with Crippen molar-refractivity contribution in [1.82, 2.24) is 5.32 Å². The first-order chi connectivity index (χ1) is 6.22. The van der Waals surface area contributed by atoms with Crippen molar-refractivity contribution in [2.75, 3.05) is 0 Å². The molecule has 0 bridgehead atoms. The van der Waals surface area contributed by atoms with E-state index in [1.165, 1.54) is 11.1 Å². The summed E-state index contributed by atoms with van der Waals surface area (Å²) >= 11 is 4.71. The van der Waals surface area contributed by atoms with Gasteiger partial charge in [-0.2, -0.15) is 0 Å². The van der Waals surface area contributed by atoms with Gasteiger partial charge >= 0.3 is 0 Å². The molecule has 0 heterocycles. The maximum atomic E-state index is 5.32. The van der Waals surface area contributed by atoms with Gasteiger partial charge in [0.15, 0.2) is 5.11 Å². The molecule has 1 aromatic carbocycles. The molecular formula is C10H14N2S. The van der Waals surface area contributed by atoms with Crippen molar-refractivity contribution in [3.8, 4) is 0 Å². The number of hydrogen-bond acceptors (Lipinski definition) is 1. The fraction of sp³-hybridized carbons (Fsp3) is 0.300. The molecule has 0 saturated heterocycles. The molecule has 0 aliphatic rings. The molecule has 3 heteroatoms. The van der Waals surface area contributed by atoms with Gasteiger partial charge < -0.3 is 11.1 Å². The van der Waals surface area contributed by atoms with E-state index >= 15 is 0 Å². The Kier molecular flexibility index (Phi) is 3.71. The first-order valence-electron chi connectivity index (χ1n) is 4.33. The number of hydrogen-bond donors (Lipinski definition) is 2. The van der Waals surface area contributed by atoms with Crippen LogP contribution < -0.4 is 11.1 Å². The van der Waals surface area contributed by atoms with Crippen LogP contribution in [0.4, 0.5) is 0 Å². The highest BCUT2D eigenvalue weighted by atomic mass is 32.1. The van der Waals surface area contributed by atoms with E-state index in [1.54, 1.807) is 0 Å². The average molecular weight is 194 g/mol. The lowest BCUT2D eigenvalue weighted by atomic mass is 10.1. The number of nitrogens with one attached hydrogen (secondary N) is 1. The molecule has 0 spiro atoms. The first-order valence-corrected chi connectivity index (χ1v) is 4.74. The van der Waals surface area contributed by atoms with Crippen LogP contribution in [-0.2, 0) is 13.0 Å². The van der Waals surface area contributed by atoms with Crippen molar-refractivity contribution in [2.24, 2.45) is 5.73 Å². The standard InChI is InChI=1S/C10H14N2S/c1-2-8-3-5-9(6-4-8)7-12-10(11)13/h3-6H,2,7H2,1H3,(H3,11,12,13). The molecule has 0 amide bonds. The van der Waals surface area contributed by atoms with Crippen LogP contribution in [0.1, 0.15) is 18.1 Å². The normalized spacial score (nSPS) is 9.62. The van der Waals surface area contributed by atoms with Gasteiger partial charge in [0.1, 0.15) is 0 Å². The summed E-state index contributed by atoms with van der Waals surface area (Å²) in [5, 5.41) is 3.26. The zero-order valence-corrected chi connectivity index (χ0v) is 8.53. The largest absolute Gasteiger partial charge is 0.376 e. The van der Waals surface area contributed by atoms with Gasteiger partial charge in [0.2, 0.25) is 0 Å². The smallest absolute Gasteiger partial charge is 0.163 e. The summed E-state index contributed by atoms with van der Waals surface area (Å²) in [6, 6.07) is 8.42. The minimum absolute atomic E-state index is 0.347. The molecule has 13 heavy (non-hydrogen) atoms. The van der Waals surface area contributed by atoms with E-state index in [0.29, 0.717) is 11.7 Å². The first kappa shape index (κ1) is 9.99. The van der Waals surface area contributed by atoms with Gasteiger partial charge in [0.25, 0.3) is 0 Å². The molecule has 0 aliphatic carbocycles. The lowest BCUT2D eigenvalue weighted by Gasteiger charge is -2.04. The minimum atomic E-state index is 0.347. The second-order valence-electron chi connectivity index (χ2n) is 2.89. The SMILES string of the molecule is CCc1ccc(CNC(N)=S)cc1. The molecule has 1 rings (SSSR count). The number of nitrogens with two attached hydrogens (primary N) is 1. The van der Waals surface area contributed by atoms with Crippen molar-refractivity contribution in [3.63, 3.8) is 0 Å². The van der Waals surface area contributed by atoms with Gasteiger partial charge in [-0.3, -0.25) is 0 Å². The highest BCUT2D eigenvalue weighted by Gasteiger charge is 1.93. The van der Waals surface area contributed by atoms with Crippen molar-refractivity contribution < 1.29 is 0 Å². The van der Waals surface area contributed by atoms with Gasteiger partial charge in [0, 0.05) is 6.54 Å². The molecular weight excluding hydrogens is 180 g/mol. The highest BCUT2D eigenvalue weighted by Crippen LogP contribution is 2.04. The fourth-order valence-electron chi connectivity index (χ4n) is 1.08. The van der Waals surface area contributed by atoms with Gasteiger partial charge in [-0.25, -0.2) is 0 Å². The van der Waals surface area contributed by atoms with E-state index < -0.39 is 0 Å². The zero-order valence-electron chi connectivity index (χ0n) is 7.71. The molecule has 70 valence electrons. The quantitative estimate of drug-likeness (QED) is 0.717. The highest BCUT2D eigenvalue weighted by molar-refractivity contribution is 7.80. The van der Waals surface area contributed by atoms with Crippen LogP contribution in [0, 0.1) is 0 Å². The molecule has 0 saturated carbocycles. The van der Waals surface area contributed by atoms with Crippen LogP contribution in [0.25, 0.3) is 0 Å². The Morgan fingerprint density at radius 2 is 1.85 bits per heavy atom. The molecule has 0 unspecified atom stereocenters. The Labute approximate surface area is 84.1 Å². The molecule has 0 aliphatic heterocycles. The predicted octanol–water partition coefficient (Wildman–Crippen LogP) is 1.58. The van der Waals surface area contributed by atoms with Crippen LogP contribution in [0.5, 0.6) is 0 Å². The van der Waals surface area contributed by atoms with Gasteiger partial charge in [0.05, 0.1) is 0 Å². The Morgan fingerprint density at radius 3 is 2.31 bits per heavy atom. The third-order valence-corrected chi connectivity index (χ3v) is 2.04. The Hall–Kier alpha value is -1.09. The summed E-state index contributed by atoms with van der Waals surface area (Å²) in [5.41, 5.74) is 7.86. The number of aryl methyl sites for hydroxylation is 1.